The zero-order chi connectivity index (χ0) is 19.1. The van der Waals surface area contributed by atoms with Gasteiger partial charge in [-0.1, -0.05) is 17.7 Å². The number of quaternary nitrogens is 1. The number of amides is 2. The number of rotatable bonds is 7. The van der Waals surface area contributed by atoms with E-state index in [-0.39, 0.29) is 18.4 Å². The molecule has 144 valence electrons. The van der Waals surface area contributed by atoms with Crippen LogP contribution in [0.4, 0.5) is 5.69 Å². The van der Waals surface area contributed by atoms with Crippen molar-refractivity contribution < 1.29 is 14.5 Å². The summed E-state index contributed by atoms with van der Waals surface area (Å²) in [6, 6.07) is 5.97. The van der Waals surface area contributed by atoms with Crippen molar-refractivity contribution in [2.75, 3.05) is 57.3 Å². The number of piperazine rings is 1. The predicted octanol–water partition coefficient (Wildman–Crippen LogP) is 0.338. The number of hydrogen-bond acceptors (Lipinski definition) is 3. The minimum absolute atomic E-state index is 0.0427. The molecular weight excluding hydrogens is 352 g/mol. The Kier molecular flexibility index (Phi) is 7.72. The van der Waals surface area contributed by atoms with Gasteiger partial charge in [-0.05, 0) is 38.5 Å². The molecule has 6 nitrogen and oxygen atoms in total. The van der Waals surface area contributed by atoms with Gasteiger partial charge in [0, 0.05) is 23.8 Å². The molecule has 2 N–H and O–H groups in total. The third-order valence-corrected chi connectivity index (χ3v) is 5.06. The van der Waals surface area contributed by atoms with E-state index < -0.39 is 0 Å². The molecule has 1 aliphatic heterocycles. The van der Waals surface area contributed by atoms with Gasteiger partial charge in [-0.15, -0.1) is 0 Å². The van der Waals surface area contributed by atoms with Gasteiger partial charge in [0.05, 0.1) is 32.7 Å². The van der Waals surface area contributed by atoms with Crippen molar-refractivity contribution in [3.05, 3.63) is 28.8 Å². The fraction of sp³-hybridized carbons (Fsp3) is 0.579. The molecule has 0 spiro atoms. The zero-order valence-corrected chi connectivity index (χ0v) is 16.7. The fourth-order valence-corrected chi connectivity index (χ4v) is 3.46. The number of hydrogen-bond donors (Lipinski definition) is 2. The summed E-state index contributed by atoms with van der Waals surface area (Å²) in [4.78, 5) is 29.5. The molecule has 1 heterocycles. The van der Waals surface area contributed by atoms with E-state index in [1.807, 2.05) is 32.0 Å². The van der Waals surface area contributed by atoms with Gasteiger partial charge in [-0.2, -0.15) is 0 Å². The monoisotopic (exact) mass is 381 g/mol. The van der Waals surface area contributed by atoms with Crippen LogP contribution in [0.1, 0.15) is 19.4 Å². The maximum absolute atomic E-state index is 12.5. The molecule has 2 amide bonds. The van der Waals surface area contributed by atoms with Crippen LogP contribution >= 0.6 is 11.6 Å². The maximum Gasteiger partial charge on any atom is 0.278 e. The predicted molar refractivity (Wildman–Crippen MR) is 105 cm³/mol. The summed E-state index contributed by atoms with van der Waals surface area (Å²) in [6.07, 6.45) is 0. The van der Waals surface area contributed by atoms with E-state index in [9.17, 15) is 9.59 Å². The van der Waals surface area contributed by atoms with Crippen molar-refractivity contribution in [2.24, 2.45) is 0 Å². The highest BCUT2D eigenvalue weighted by atomic mass is 35.5. The molecule has 0 atom stereocenters. The van der Waals surface area contributed by atoms with E-state index in [0.29, 0.717) is 19.6 Å². The van der Waals surface area contributed by atoms with Crippen molar-refractivity contribution in [2.45, 2.75) is 20.8 Å². The Labute approximate surface area is 161 Å². The van der Waals surface area contributed by atoms with Crippen LogP contribution < -0.4 is 15.1 Å². The van der Waals surface area contributed by atoms with Gasteiger partial charge < -0.3 is 20.0 Å². The first-order chi connectivity index (χ1) is 12.4. The lowest BCUT2D eigenvalue weighted by Crippen LogP contribution is -3.16. The Hall–Kier alpha value is -1.79. The first-order valence-corrected chi connectivity index (χ1v) is 9.71. The Morgan fingerprint density at radius 1 is 1.27 bits per heavy atom. The molecule has 0 aromatic heterocycles. The van der Waals surface area contributed by atoms with Gasteiger partial charge in [0.25, 0.3) is 5.91 Å². The van der Waals surface area contributed by atoms with E-state index in [4.69, 9.17) is 11.6 Å². The third-order valence-electron chi connectivity index (χ3n) is 4.83. The molecule has 0 unspecified atom stereocenters. The number of anilines is 1. The second kappa shape index (κ2) is 9.78. The highest BCUT2D eigenvalue weighted by molar-refractivity contribution is 6.30. The van der Waals surface area contributed by atoms with Crippen LogP contribution in [0.2, 0.25) is 5.02 Å². The van der Waals surface area contributed by atoms with Crippen LogP contribution in [0, 0.1) is 6.92 Å². The van der Waals surface area contributed by atoms with Crippen molar-refractivity contribution in [3.63, 3.8) is 0 Å². The maximum atomic E-state index is 12.5. The van der Waals surface area contributed by atoms with Crippen molar-refractivity contribution in [1.29, 1.82) is 0 Å². The summed E-state index contributed by atoms with van der Waals surface area (Å²) in [7, 11) is 0. The average Bonchev–Trinajstić information content (AvgIpc) is 2.62. The number of halogens is 1. The highest BCUT2D eigenvalue weighted by Gasteiger charge is 2.25. The quantitative estimate of drug-likeness (QED) is 0.716. The summed E-state index contributed by atoms with van der Waals surface area (Å²) in [5, 5.41) is 3.50. The summed E-state index contributed by atoms with van der Waals surface area (Å²) >= 11 is 6.13. The molecule has 0 aliphatic carbocycles. The van der Waals surface area contributed by atoms with Gasteiger partial charge in [0.2, 0.25) is 5.91 Å². The number of nitrogens with one attached hydrogen (secondary N) is 2. The highest BCUT2D eigenvalue weighted by Crippen LogP contribution is 2.24. The lowest BCUT2D eigenvalue weighted by atomic mass is 10.1. The lowest BCUT2D eigenvalue weighted by Gasteiger charge is -2.35. The largest absolute Gasteiger partial charge is 0.360 e. The summed E-state index contributed by atoms with van der Waals surface area (Å²) in [5.41, 5.74) is 2.39. The fourth-order valence-electron chi connectivity index (χ4n) is 3.29. The van der Waals surface area contributed by atoms with Crippen molar-refractivity contribution >= 4 is 29.1 Å². The molecule has 26 heavy (non-hydrogen) atoms. The van der Waals surface area contributed by atoms with Gasteiger partial charge in [-0.3, -0.25) is 9.59 Å². The average molecular weight is 382 g/mol. The first-order valence-electron chi connectivity index (χ1n) is 9.33. The Balaban J connectivity index is 1.86. The Morgan fingerprint density at radius 2 is 1.96 bits per heavy atom. The van der Waals surface area contributed by atoms with Crippen molar-refractivity contribution in [1.82, 2.24) is 10.2 Å². The summed E-state index contributed by atoms with van der Waals surface area (Å²) in [6.45, 7) is 11.2. The minimum Gasteiger partial charge on any atom is -0.360 e. The number of aryl methyl sites for hydroxylation is 1. The SMILES string of the molecule is CCNC(=O)CN(CC)C(=O)C[NH+]1CCN(c2cc(Cl)ccc2C)CC1. The smallest absolute Gasteiger partial charge is 0.278 e. The number of likely N-dealkylation sites (N-methyl/N-ethyl adjacent to an activating group) is 2. The standard InChI is InChI=1S/C19H29ClN4O2/c1-4-21-18(25)13-23(5-2)19(26)14-22-8-10-24(11-9-22)17-12-16(20)7-6-15(17)3/h6-7,12H,4-5,8-11,13-14H2,1-3H3,(H,21,25)/p+1. The number of carbonyl (C=O) groups excluding carboxylic acids is 2. The van der Waals surface area contributed by atoms with E-state index in [2.05, 4.69) is 17.1 Å². The third kappa shape index (κ3) is 5.61. The molecule has 1 aromatic carbocycles. The first kappa shape index (κ1) is 20.5. The van der Waals surface area contributed by atoms with Crippen LogP contribution in [0.15, 0.2) is 18.2 Å². The summed E-state index contributed by atoms with van der Waals surface area (Å²) < 4.78 is 0. The topological polar surface area (TPSA) is 57.1 Å². The number of nitrogens with zero attached hydrogens (tertiary/aromatic N) is 2. The Bertz CT molecular complexity index is 630. The Morgan fingerprint density at radius 3 is 2.58 bits per heavy atom. The van der Waals surface area contributed by atoms with Gasteiger partial charge in [0.1, 0.15) is 0 Å². The molecule has 2 rings (SSSR count). The van der Waals surface area contributed by atoms with Crippen LogP contribution in [0.5, 0.6) is 0 Å². The van der Waals surface area contributed by atoms with E-state index in [0.717, 1.165) is 31.2 Å². The number of carbonyl (C=O) groups is 2. The molecule has 1 saturated heterocycles. The molecule has 0 radical (unpaired) electrons. The van der Waals surface area contributed by atoms with Gasteiger partial charge in [-0.25, -0.2) is 0 Å². The molecule has 0 bridgehead atoms. The van der Waals surface area contributed by atoms with Crippen LogP contribution in [-0.4, -0.2) is 69.1 Å². The van der Waals surface area contributed by atoms with Crippen LogP contribution in [-0.2, 0) is 9.59 Å². The van der Waals surface area contributed by atoms with E-state index in [1.54, 1.807) is 4.90 Å². The number of benzene rings is 1. The second-order valence-electron chi connectivity index (χ2n) is 6.71. The minimum atomic E-state index is -0.0982. The lowest BCUT2D eigenvalue weighted by molar-refractivity contribution is -0.892. The zero-order valence-electron chi connectivity index (χ0n) is 16.0. The van der Waals surface area contributed by atoms with E-state index in [1.165, 1.54) is 16.2 Å². The van der Waals surface area contributed by atoms with Crippen LogP contribution in [0.3, 0.4) is 0 Å². The van der Waals surface area contributed by atoms with Crippen molar-refractivity contribution in [3.8, 4) is 0 Å². The molecule has 1 aromatic rings. The van der Waals surface area contributed by atoms with Gasteiger partial charge in [0.15, 0.2) is 6.54 Å². The van der Waals surface area contributed by atoms with Gasteiger partial charge >= 0.3 is 0 Å². The molecule has 1 fully saturated rings. The normalized spacial score (nSPS) is 15.0. The molecule has 0 saturated carbocycles. The molecular formula is C19H30ClN4O2+. The van der Waals surface area contributed by atoms with Crippen LogP contribution in [0.25, 0.3) is 0 Å². The second-order valence-corrected chi connectivity index (χ2v) is 7.14. The molecule has 1 aliphatic rings. The van der Waals surface area contributed by atoms with E-state index >= 15 is 0 Å². The summed E-state index contributed by atoms with van der Waals surface area (Å²) in [5.74, 6) is -0.0555. The molecule has 7 heteroatoms.